The monoisotopic (exact) mass is 440 g/mol. The third-order valence-electron chi connectivity index (χ3n) is 7.45. The van der Waals surface area contributed by atoms with Crippen LogP contribution in [0.1, 0.15) is 50.0 Å². The Hall–Kier alpha value is -0.990. The summed E-state index contributed by atoms with van der Waals surface area (Å²) in [4.78, 5) is 30.8. The fourth-order valence-electron chi connectivity index (χ4n) is 6.65. The Balaban J connectivity index is 1.96. The van der Waals surface area contributed by atoms with Crippen molar-refractivity contribution in [3.63, 3.8) is 0 Å². The molecule has 0 aromatic carbocycles. The average molecular weight is 441 g/mol. The summed E-state index contributed by atoms with van der Waals surface area (Å²) in [5.41, 5.74) is 15.9. The molecule has 6 N–H and O–H groups in total. The minimum absolute atomic E-state index is 0.0327. The Labute approximate surface area is 165 Å². The highest BCUT2D eigenvalue weighted by atomic mass is 79.9. The highest BCUT2D eigenvalue weighted by Crippen LogP contribution is 2.83. The van der Waals surface area contributed by atoms with Crippen LogP contribution in [-0.4, -0.2) is 23.3 Å². The Bertz CT molecular complexity index is 764. The van der Waals surface area contributed by atoms with E-state index in [9.17, 15) is 9.59 Å². The minimum Gasteiger partial charge on any atom is -0.369 e. The third-order valence-corrected chi connectivity index (χ3v) is 9.06. The van der Waals surface area contributed by atoms with E-state index in [4.69, 9.17) is 17.2 Å². The van der Waals surface area contributed by atoms with Crippen molar-refractivity contribution in [2.45, 2.75) is 50.4 Å². The minimum atomic E-state index is -1.09. The van der Waals surface area contributed by atoms with Gasteiger partial charge < -0.3 is 17.2 Å². The van der Waals surface area contributed by atoms with Gasteiger partial charge in [-0.05, 0) is 78.3 Å². The quantitative estimate of drug-likeness (QED) is 0.560. The molecule has 8 heteroatoms. The lowest BCUT2D eigenvalue weighted by molar-refractivity contribution is -0.147. The molecule has 3 saturated carbocycles. The molecule has 1 aromatic heterocycles. The van der Waals surface area contributed by atoms with Crippen LogP contribution in [0.25, 0.3) is 0 Å². The predicted molar refractivity (Wildman–Crippen MR) is 103 cm³/mol. The molecule has 0 radical (unpaired) electrons. The van der Waals surface area contributed by atoms with Gasteiger partial charge in [-0.15, -0.1) is 11.3 Å². The number of carbonyl (C=O) groups excluding carboxylic acids is 2. The van der Waals surface area contributed by atoms with Gasteiger partial charge in [-0.3, -0.25) is 9.59 Å². The second-order valence-electron chi connectivity index (χ2n) is 8.14. The molecule has 0 unspecified atom stereocenters. The molecule has 1 spiro atoms. The van der Waals surface area contributed by atoms with Crippen LogP contribution in [0.5, 0.6) is 0 Å². The first kappa shape index (κ1) is 18.4. The second-order valence-corrected chi connectivity index (χ2v) is 10.5. The molecule has 1 aromatic rings. The number of hydrogen-bond donors (Lipinski definition) is 3. The van der Waals surface area contributed by atoms with E-state index >= 15 is 0 Å². The molecule has 142 valence electrons. The van der Waals surface area contributed by atoms with Crippen LogP contribution in [0.4, 0.5) is 0 Å². The van der Waals surface area contributed by atoms with Gasteiger partial charge in [-0.2, -0.15) is 0 Å². The van der Waals surface area contributed by atoms with Crippen molar-refractivity contribution in [3.8, 4) is 0 Å². The van der Waals surface area contributed by atoms with E-state index in [1.165, 1.54) is 11.3 Å². The van der Waals surface area contributed by atoms with Crippen LogP contribution in [-0.2, 0) is 15.0 Å². The van der Waals surface area contributed by atoms with E-state index in [-0.39, 0.29) is 17.3 Å². The first-order valence-electron chi connectivity index (χ1n) is 9.29. The summed E-state index contributed by atoms with van der Waals surface area (Å²) in [6, 6.07) is 0. The van der Waals surface area contributed by atoms with Crippen LogP contribution in [0.2, 0.25) is 0 Å². The van der Waals surface area contributed by atoms with Crippen LogP contribution in [0.15, 0.2) is 9.98 Å². The van der Waals surface area contributed by atoms with E-state index in [2.05, 4.69) is 20.9 Å². The Morgan fingerprint density at radius 3 is 2.38 bits per heavy atom. The fraction of sp³-hybridized carbons (Fsp3) is 0.722. The van der Waals surface area contributed by atoms with Gasteiger partial charge in [0.25, 0.3) is 0 Å². The van der Waals surface area contributed by atoms with Crippen LogP contribution in [0.3, 0.4) is 0 Å². The molecule has 1 heterocycles. The molecule has 3 aliphatic carbocycles. The van der Waals surface area contributed by atoms with E-state index in [0.717, 1.165) is 42.3 Å². The number of nitrogens with zero attached hydrogens (tertiary/aromatic N) is 1. The van der Waals surface area contributed by atoms with E-state index in [1.807, 2.05) is 0 Å². The first-order valence-corrected chi connectivity index (χ1v) is 10.9. The number of hydrogen-bond acceptors (Lipinski definition) is 5. The summed E-state index contributed by atoms with van der Waals surface area (Å²) in [6.07, 6.45) is 7.78. The molecule has 6 nitrogen and oxygen atoms in total. The number of amides is 2. The van der Waals surface area contributed by atoms with Crippen LogP contribution < -0.4 is 17.2 Å². The number of unbranched alkanes of at least 4 members (excludes halogenated alkanes) is 1. The number of halogens is 1. The van der Waals surface area contributed by atoms with Crippen molar-refractivity contribution in [3.05, 3.63) is 15.0 Å². The summed E-state index contributed by atoms with van der Waals surface area (Å²) in [6.45, 7) is 0.556. The summed E-state index contributed by atoms with van der Waals surface area (Å²) in [7, 11) is 0. The molecule has 0 saturated heterocycles. The standard InChI is InChI=1S/C18H25BrN4O2S/c19-12-9-23-15(26-12)18(14(22)25)11-4-3-10(16(11)6-7-16)17(18,13(21)24)5-1-2-8-20/h9-11H,1-8,20H2,(H2,21,24)(H2,22,25)/t10-,11+,17+,18-/m1/s1. The molecule has 4 atom stereocenters. The second kappa shape index (κ2) is 6.01. The van der Waals surface area contributed by atoms with Crippen molar-refractivity contribution in [1.82, 2.24) is 4.98 Å². The van der Waals surface area contributed by atoms with Crippen molar-refractivity contribution in [1.29, 1.82) is 0 Å². The maximum Gasteiger partial charge on any atom is 0.231 e. The van der Waals surface area contributed by atoms with Crippen LogP contribution >= 0.6 is 27.3 Å². The predicted octanol–water partition coefficient (Wildman–Crippen LogP) is 2.05. The smallest absolute Gasteiger partial charge is 0.231 e. The van der Waals surface area contributed by atoms with Crippen molar-refractivity contribution in [2.24, 2.45) is 39.9 Å². The number of aromatic nitrogens is 1. The Morgan fingerprint density at radius 1 is 1.19 bits per heavy atom. The van der Waals surface area contributed by atoms with Gasteiger partial charge in [0.2, 0.25) is 11.8 Å². The van der Waals surface area contributed by atoms with Crippen molar-refractivity contribution >= 4 is 39.1 Å². The zero-order chi connectivity index (χ0) is 18.7. The topological polar surface area (TPSA) is 125 Å². The number of carbonyl (C=O) groups is 2. The van der Waals surface area contributed by atoms with Crippen molar-refractivity contribution in [2.75, 3.05) is 6.54 Å². The molecule has 2 amide bonds. The molecule has 0 aliphatic heterocycles. The summed E-state index contributed by atoms with van der Waals surface area (Å²) >= 11 is 4.87. The summed E-state index contributed by atoms with van der Waals surface area (Å²) in [5, 5.41) is 0.655. The molecule has 4 rings (SSSR count). The number of rotatable bonds is 7. The Morgan fingerprint density at radius 2 is 1.88 bits per heavy atom. The van der Waals surface area contributed by atoms with Crippen molar-refractivity contribution < 1.29 is 9.59 Å². The molecular formula is C18H25BrN4O2S. The van der Waals surface area contributed by atoms with Gasteiger partial charge in [0.05, 0.1) is 15.4 Å². The maximum atomic E-state index is 13.1. The number of primary amides is 2. The van der Waals surface area contributed by atoms with Gasteiger partial charge in [0, 0.05) is 0 Å². The first-order chi connectivity index (χ1) is 12.4. The maximum absolute atomic E-state index is 13.1. The van der Waals surface area contributed by atoms with E-state index < -0.39 is 22.6 Å². The normalized spacial score (nSPS) is 36.5. The van der Waals surface area contributed by atoms with Gasteiger partial charge in [0.1, 0.15) is 10.4 Å². The average Bonchev–Trinajstić information content (AvgIpc) is 3.05. The zero-order valence-electron chi connectivity index (χ0n) is 14.7. The molecule has 3 aliphatic rings. The fourth-order valence-corrected chi connectivity index (χ4v) is 8.19. The number of thiazole rings is 1. The molecular weight excluding hydrogens is 416 g/mol. The lowest BCUT2D eigenvalue weighted by atomic mass is 9.53. The van der Waals surface area contributed by atoms with Gasteiger partial charge in [-0.1, -0.05) is 6.42 Å². The zero-order valence-corrected chi connectivity index (χ0v) is 17.1. The Kier molecular flexibility index (Phi) is 4.24. The molecule has 3 fully saturated rings. The van der Waals surface area contributed by atoms with Gasteiger partial charge in [0.15, 0.2) is 0 Å². The lowest BCUT2D eigenvalue weighted by Crippen LogP contribution is -2.63. The highest BCUT2D eigenvalue weighted by Gasteiger charge is 2.84. The third kappa shape index (κ3) is 1.98. The molecule has 2 bridgehead atoms. The van der Waals surface area contributed by atoms with Gasteiger partial charge in [-0.25, -0.2) is 4.98 Å². The van der Waals surface area contributed by atoms with Crippen LogP contribution in [0, 0.1) is 22.7 Å². The SMILES string of the molecule is NCCCC[C@@]1(C(N)=O)[C@@H]2CC[C@@H](C23CC3)[C@@]1(C(N)=O)c1ncc(Br)s1. The van der Waals surface area contributed by atoms with Gasteiger partial charge >= 0.3 is 0 Å². The lowest BCUT2D eigenvalue weighted by Gasteiger charge is -2.48. The van der Waals surface area contributed by atoms with E-state index in [1.54, 1.807) is 6.20 Å². The largest absolute Gasteiger partial charge is 0.369 e. The molecule has 26 heavy (non-hydrogen) atoms. The summed E-state index contributed by atoms with van der Waals surface area (Å²) < 4.78 is 0.834. The number of nitrogens with two attached hydrogens (primary N) is 3. The highest BCUT2D eigenvalue weighted by molar-refractivity contribution is 9.11. The van der Waals surface area contributed by atoms with E-state index in [0.29, 0.717) is 18.0 Å². The summed E-state index contributed by atoms with van der Waals surface area (Å²) in [5.74, 6) is -0.658.